The minimum absolute atomic E-state index is 0.286. The summed E-state index contributed by atoms with van der Waals surface area (Å²) in [5, 5.41) is 23.2. The Morgan fingerprint density at radius 1 is 1.32 bits per heavy atom. The Bertz CT molecular complexity index is 585. The van der Waals surface area contributed by atoms with E-state index in [1.807, 2.05) is 41.8 Å². The number of aromatic nitrogens is 3. The number of carbonyl (C=O) groups excluding carboxylic acids is 1. The third-order valence-corrected chi connectivity index (χ3v) is 3.33. The van der Waals surface area contributed by atoms with Gasteiger partial charge in [0, 0.05) is 13.1 Å². The van der Waals surface area contributed by atoms with Gasteiger partial charge < -0.3 is 20.3 Å². The first-order chi connectivity index (χ1) is 10.7. The monoisotopic (exact) mass is 303 g/mol. The number of nitrogens with one attached hydrogen (secondary N) is 2. The second-order valence-electron chi connectivity index (χ2n) is 4.86. The third kappa shape index (κ3) is 4.56. The lowest BCUT2D eigenvalue weighted by molar-refractivity contribution is 0.167. The van der Waals surface area contributed by atoms with Crippen LogP contribution in [0, 0.1) is 0 Å². The van der Waals surface area contributed by atoms with E-state index in [1.165, 1.54) is 0 Å². The number of urea groups is 1. The van der Waals surface area contributed by atoms with Crippen molar-refractivity contribution in [3.8, 4) is 0 Å². The van der Waals surface area contributed by atoms with Crippen molar-refractivity contribution < 1.29 is 9.90 Å². The van der Waals surface area contributed by atoms with Gasteiger partial charge in [-0.3, -0.25) is 0 Å². The molecule has 0 radical (unpaired) electrons. The number of amides is 2. The summed E-state index contributed by atoms with van der Waals surface area (Å²) in [4.78, 5) is 11.7. The molecule has 0 bridgehead atoms. The molecule has 0 spiro atoms. The number of aryl methyl sites for hydroxylation is 1. The highest BCUT2D eigenvalue weighted by atomic mass is 16.3. The molecule has 22 heavy (non-hydrogen) atoms. The van der Waals surface area contributed by atoms with Crippen molar-refractivity contribution in [2.24, 2.45) is 0 Å². The molecule has 1 aromatic heterocycles. The molecule has 0 saturated carbocycles. The van der Waals surface area contributed by atoms with Gasteiger partial charge in [-0.05, 0) is 18.9 Å². The molecule has 118 valence electrons. The molecule has 0 aliphatic rings. The van der Waals surface area contributed by atoms with E-state index in [2.05, 4.69) is 20.8 Å². The van der Waals surface area contributed by atoms with Gasteiger partial charge in [0.15, 0.2) is 5.82 Å². The number of aliphatic hydroxyl groups excluding tert-OH is 1. The Kier molecular flexibility index (Phi) is 5.91. The lowest BCUT2D eigenvalue weighted by atomic mass is 10.1. The highest BCUT2D eigenvalue weighted by Crippen LogP contribution is 2.14. The van der Waals surface area contributed by atoms with Crippen LogP contribution < -0.4 is 10.6 Å². The Balaban J connectivity index is 1.68. The van der Waals surface area contributed by atoms with Crippen LogP contribution in [-0.2, 0) is 13.1 Å². The van der Waals surface area contributed by atoms with Gasteiger partial charge >= 0.3 is 6.03 Å². The van der Waals surface area contributed by atoms with Crippen LogP contribution in [0.5, 0.6) is 0 Å². The predicted molar refractivity (Wildman–Crippen MR) is 82.0 cm³/mol. The summed E-state index contributed by atoms with van der Waals surface area (Å²) in [5.41, 5.74) is 0.848. The second kappa shape index (κ2) is 8.14. The van der Waals surface area contributed by atoms with Crippen LogP contribution in [0.2, 0.25) is 0 Å². The molecule has 1 atom stereocenters. The van der Waals surface area contributed by atoms with E-state index >= 15 is 0 Å². The molecule has 2 amide bonds. The highest BCUT2D eigenvalue weighted by Gasteiger charge is 2.08. The summed E-state index contributed by atoms with van der Waals surface area (Å²) in [6, 6.07) is 9.10. The summed E-state index contributed by atoms with van der Waals surface area (Å²) < 4.78 is 1.86. The van der Waals surface area contributed by atoms with Crippen LogP contribution in [0.1, 0.15) is 30.8 Å². The summed E-state index contributed by atoms with van der Waals surface area (Å²) in [6.45, 7) is 3.45. The van der Waals surface area contributed by atoms with Crippen LogP contribution in [0.4, 0.5) is 4.79 Å². The number of nitrogens with zero attached hydrogens (tertiary/aromatic N) is 3. The van der Waals surface area contributed by atoms with Gasteiger partial charge in [0.1, 0.15) is 6.33 Å². The maximum Gasteiger partial charge on any atom is 0.315 e. The van der Waals surface area contributed by atoms with E-state index < -0.39 is 6.10 Å². The van der Waals surface area contributed by atoms with E-state index in [-0.39, 0.29) is 6.03 Å². The van der Waals surface area contributed by atoms with Gasteiger partial charge in [0.05, 0.1) is 12.6 Å². The standard InChI is InChI=1S/C15H21N5O2/c1-2-20-11-18-19-14(20)10-17-15(22)16-9-8-13(21)12-6-4-3-5-7-12/h3-7,11,13,21H,2,8-10H2,1H3,(H2,16,17,22). The summed E-state index contributed by atoms with van der Waals surface area (Å²) in [5.74, 6) is 0.710. The van der Waals surface area contributed by atoms with Crippen molar-refractivity contribution in [2.45, 2.75) is 32.5 Å². The predicted octanol–water partition coefficient (Wildman–Crippen LogP) is 1.22. The molecule has 7 nitrogen and oxygen atoms in total. The van der Waals surface area contributed by atoms with E-state index in [9.17, 15) is 9.90 Å². The number of hydrogen-bond acceptors (Lipinski definition) is 4. The number of aliphatic hydroxyl groups is 1. The molecule has 3 N–H and O–H groups in total. The van der Waals surface area contributed by atoms with Crippen LogP contribution in [0.3, 0.4) is 0 Å². The van der Waals surface area contributed by atoms with Crippen molar-refractivity contribution in [2.75, 3.05) is 6.54 Å². The van der Waals surface area contributed by atoms with Crippen LogP contribution >= 0.6 is 0 Å². The van der Waals surface area contributed by atoms with Gasteiger partial charge in [0.25, 0.3) is 0 Å². The SMILES string of the molecule is CCn1cnnc1CNC(=O)NCCC(O)c1ccccc1. The minimum atomic E-state index is -0.579. The molecule has 1 heterocycles. The summed E-state index contributed by atoms with van der Waals surface area (Å²) in [7, 11) is 0. The van der Waals surface area contributed by atoms with E-state index in [1.54, 1.807) is 6.33 Å². The molecule has 1 unspecified atom stereocenters. The van der Waals surface area contributed by atoms with Crippen molar-refractivity contribution in [3.05, 3.63) is 48.0 Å². The smallest absolute Gasteiger partial charge is 0.315 e. The van der Waals surface area contributed by atoms with Gasteiger partial charge in [-0.2, -0.15) is 0 Å². The summed E-state index contributed by atoms with van der Waals surface area (Å²) in [6.07, 6.45) is 1.51. The topological polar surface area (TPSA) is 92.1 Å². The second-order valence-corrected chi connectivity index (χ2v) is 4.86. The van der Waals surface area contributed by atoms with E-state index in [0.29, 0.717) is 25.3 Å². The van der Waals surface area contributed by atoms with Gasteiger partial charge in [-0.1, -0.05) is 30.3 Å². The fourth-order valence-electron chi connectivity index (χ4n) is 2.07. The average molecular weight is 303 g/mol. The zero-order chi connectivity index (χ0) is 15.8. The maximum absolute atomic E-state index is 11.7. The van der Waals surface area contributed by atoms with Gasteiger partial charge in [-0.25, -0.2) is 4.79 Å². The first-order valence-corrected chi connectivity index (χ1v) is 7.32. The number of rotatable bonds is 7. The average Bonchev–Trinajstić information content (AvgIpc) is 3.01. The first-order valence-electron chi connectivity index (χ1n) is 7.32. The molecular formula is C15H21N5O2. The third-order valence-electron chi connectivity index (χ3n) is 3.33. The Labute approximate surface area is 129 Å². The quantitative estimate of drug-likeness (QED) is 0.717. The Hall–Kier alpha value is -2.41. The van der Waals surface area contributed by atoms with Crippen molar-refractivity contribution in [1.29, 1.82) is 0 Å². The van der Waals surface area contributed by atoms with Crippen LogP contribution in [0.25, 0.3) is 0 Å². The molecule has 2 aromatic rings. The highest BCUT2D eigenvalue weighted by molar-refractivity contribution is 5.73. The fraction of sp³-hybridized carbons (Fsp3) is 0.400. The largest absolute Gasteiger partial charge is 0.388 e. The van der Waals surface area contributed by atoms with Gasteiger partial charge in [0.2, 0.25) is 0 Å². The Morgan fingerprint density at radius 3 is 2.82 bits per heavy atom. The van der Waals surface area contributed by atoms with Crippen LogP contribution in [-0.4, -0.2) is 32.4 Å². The Morgan fingerprint density at radius 2 is 2.09 bits per heavy atom. The number of benzene rings is 1. The fourth-order valence-corrected chi connectivity index (χ4v) is 2.07. The normalized spacial score (nSPS) is 11.9. The molecule has 0 fully saturated rings. The molecule has 1 aromatic carbocycles. The maximum atomic E-state index is 11.7. The minimum Gasteiger partial charge on any atom is -0.388 e. The molecule has 0 aliphatic carbocycles. The molecular weight excluding hydrogens is 282 g/mol. The van der Waals surface area contributed by atoms with Crippen LogP contribution in [0.15, 0.2) is 36.7 Å². The number of carbonyl (C=O) groups is 1. The summed E-state index contributed by atoms with van der Waals surface area (Å²) >= 11 is 0. The first kappa shape index (κ1) is 16.0. The lowest BCUT2D eigenvalue weighted by Crippen LogP contribution is -2.36. The van der Waals surface area contributed by atoms with Gasteiger partial charge in [-0.15, -0.1) is 10.2 Å². The zero-order valence-corrected chi connectivity index (χ0v) is 12.6. The van der Waals surface area contributed by atoms with Crippen molar-refractivity contribution in [3.63, 3.8) is 0 Å². The molecule has 0 saturated heterocycles. The van der Waals surface area contributed by atoms with Crippen molar-refractivity contribution >= 4 is 6.03 Å². The van der Waals surface area contributed by atoms with E-state index in [4.69, 9.17) is 0 Å². The molecule has 2 rings (SSSR count). The lowest BCUT2D eigenvalue weighted by Gasteiger charge is -2.12. The van der Waals surface area contributed by atoms with Crippen molar-refractivity contribution in [1.82, 2.24) is 25.4 Å². The molecule has 0 aliphatic heterocycles. The number of hydrogen-bond donors (Lipinski definition) is 3. The van der Waals surface area contributed by atoms with E-state index in [0.717, 1.165) is 12.1 Å². The molecule has 7 heteroatoms. The zero-order valence-electron chi connectivity index (χ0n) is 12.6.